The van der Waals surface area contributed by atoms with E-state index in [2.05, 4.69) is 52.8 Å². The van der Waals surface area contributed by atoms with Crippen LogP contribution in [0, 0.1) is 18.3 Å². The highest BCUT2D eigenvalue weighted by molar-refractivity contribution is 8.00. The number of anilines is 1. The number of carbonyl (C=O) groups excluding carboxylic acids is 1. The molecule has 0 aliphatic rings. The van der Waals surface area contributed by atoms with Gasteiger partial charge in [0.05, 0.1) is 17.4 Å². The van der Waals surface area contributed by atoms with Crippen molar-refractivity contribution in [3.63, 3.8) is 0 Å². The first-order valence-electron chi connectivity index (χ1n) is 8.51. The number of aryl methyl sites for hydroxylation is 1. The van der Waals surface area contributed by atoms with Crippen LogP contribution in [0.25, 0.3) is 0 Å². The minimum Gasteiger partial charge on any atom is -0.300 e. The maximum Gasteiger partial charge on any atom is 0.236 e. The van der Waals surface area contributed by atoms with Gasteiger partial charge in [-0.15, -0.1) is 22.0 Å². The van der Waals surface area contributed by atoms with Crippen molar-refractivity contribution in [2.45, 2.75) is 22.8 Å². The van der Waals surface area contributed by atoms with Crippen LogP contribution in [0.4, 0.5) is 5.13 Å². The third-order valence-electron chi connectivity index (χ3n) is 3.72. The standard InChI is InChI=1S/C20H18N4OS3/c1-14-2-4-17(5-3-14)12-27-20-24-23-19(28-20)22-18(25)13-26-11-16-8-6-15(10-21)7-9-16/h2-9H,11-13H2,1H3,(H,22,23,25). The smallest absolute Gasteiger partial charge is 0.236 e. The highest BCUT2D eigenvalue weighted by atomic mass is 32.2. The van der Waals surface area contributed by atoms with Crippen molar-refractivity contribution in [1.82, 2.24) is 10.2 Å². The van der Waals surface area contributed by atoms with Gasteiger partial charge in [0, 0.05) is 11.5 Å². The molecule has 1 heterocycles. The van der Waals surface area contributed by atoms with Crippen molar-refractivity contribution >= 4 is 45.9 Å². The molecule has 0 unspecified atom stereocenters. The third kappa shape index (κ3) is 6.37. The van der Waals surface area contributed by atoms with Crippen molar-refractivity contribution in [3.8, 4) is 6.07 Å². The minimum absolute atomic E-state index is 0.0927. The number of benzene rings is 2. The van der Waals surface area contributed by atoms with Crippen LogP contribution < -0.4 is 5.32 Å². The molecule has 3 rings (SSSR count). The van der Waals surface area contributed by atoms with E-state index >= 15 is 0 Å². The number of hydrogen-bond acceptors (Lipinski definition) is 7. The Hall–Kier alpha value is -2.34. The van der Waals surface area contributed by atoms with Crippen LogP contribution in [0.3, 0.4) is 0 Å². The van der Waals surface area contributed by atoms with E-state index in [1.165, 1.54) is 34.2 Å². The van der Waals surface area contributed by atoms with Gasteiger partial charge in [-0.05, 0) is 30.2 Å². The number of amides is 1. The summed E-state index contributed by atoms with van der Waals surface area (Å²) in [5.41, 5.74) is 4.20. The lowest BCUT2D eigenvalue weighted by Gasteiger charge is -2.02. The molecule has 5 nitrogen and oxygen atoms in total. The van der Waals surface area contributed by atoms with Crippen LogP contribution in [0.5, 0.6) is 0 Å². The van der Waals surface area contributed by atoms with Crippen LogP contribution in [0.2, 0.25) is 0 Å². The van der Waals surface area contributed by atoms with Crippen molar-refractivity contribution < 1.29 is 4.79 Å². The van der Waals surface area contributed by atoms with Gasteiger partial charge in [-0.3, -0.25) is 10.1 Å². The van der Waals surface area contributed by atoms with Crippen LogP contribution >= 0.6 is 34.9 Å². The molecule has 8 heteroatoms. The first-order chi connectivity index (χ1) is 13.6. The van der Waals surface area contributed by atoms with E-state index in [0.717, 1.165) is 15.7 Å². The SMILES string of the molecule is Cc1ccc(CSc2nnc(NC(=O)CSCc3ccc(C#N)cc3)s2)cc1. The van der Waals surface area contributed by atoms with E-state index in [9.17, 15) is 4.79 Å². The number of carbonyl (C=O) groups is 1. The van der Waals surface area contributed by atoms with Crippen molar-refractivity contribution in [3.05, 3.63) is 70.8 Å². The molecule has 0 saturated carbocycles. The van der Waals surface area contributed by atoms with Crippen LogP contribution in [-0.2, 0) is 16.3 Å². The Labute approximate surface area is 176 Å². The Morgan fingerprint density at radius 2 is 1.75 bits per heavy atom. The summed E-state index contributed by atoms with van der Waals surface area (Å²) >= 11 is 4.52. The second-order valence-corrected chi connectivity index (χ2v) is 9.18. The molecule has 0 aliphatic carbocycles. The van der Waals surface area contributed by atoms with Gasteiger partial charge in [-0.25, -0.2) is 0 Å². The monoisotopic (exact) mass is 426 g/mol. The molecular formula is C20H18N4OS3. The molecule has 0 saturated heterocycles. The number of thioether (sulfide) groups is 2. The van der Waals surface area contributed by atoms with Gasteiger partial charge < -0.3 is 0 Å². The van der Waals surface area contributed by atoms with Gasteiger partial charge in [-0.2, -0.15) is 5.26 Å². The fourth-order valence-electron chi connectivity index (χ4n) is 2.24. The number of nitrogens with zero attached hydrogens (tertiary/aromatic N) is 3. The Kier molecular flexibility index (Phi) is 7.48. The molecule has 0 radical (unpaired) electrons. The lowest BCUT2D eigenvalue weighted by Crippen LogP contribution is -2.13. The van der Waals surface area contributed by atoms with Gasteiger partial charge in [-0.1, -0.05) is 65.1 Å². The lowest BCUT2D eigenvalue weighted by molar-refractivity contribution is -0.113. The average Bonchev–Trinajstić information content (AvgIpc) is 3.15. The number of nitriles is 1. The quantitative estimate of drug-likeness (QED) is 0.408. The van der Waals surface area contributed by atoms with E-state index in [1.54, 1.807) is 23.9 Å². The molecule has 0 fully saturated rings. The largest absolute Gasteiger partial charge is 0.300 e. The summed E-state index contributed by atoms with van der Waals surface area (Å²) in [5, 5.41) is 20.3. The molecule has 1 N–H and O–H groups in total. The van der Waals surface area contributed by atoms with Crippen LogP contribution in [0.15, 0.2) is 52.9 Å². The van der Waals surface area contributed by atoms with Gasteiger partial charge in [0.1, 0.15) is 0 Å². The summed E-state index contributed by atoms with van der Waals surface area (Å²) in [6.07, 6.45) is 0. The van der Waals surface area contributed by atoms with E-state index in [-0.39, 0.29) is 5.91 Å². The Balaban J connectivity index is 1.40. The van der Waals surface area contributed by atoms with Gasteiger partial charge in [0.15, 0.2) is 4.34 Å². The first-order valence-corrected chi connectivity index (χ1v) is 11.5. The fourth-order valence-corrected chi connectivity index (χ4v) is 4.75. The van der Waals surface area contributed by atoms with E-state index in [1.807, 2.05) is 12.1 Å². The predicted octanol–water partition coefficient (Wildman–Crippen LogP) is 4.88. The van der Waals surface area contributed by atoms with Crippen LogP contribution in [-0.4, -0.2) is 21.9 Å². The molecule has 28 heavy (non-hydrogen) atoms. The topological polar surface area (TPSA) is 78.7 Å². The summed E-state index contributed by atoms with van der Waals surface area (Å²) in [7, 11) is 0. The Bertz CT molecular complexity index is 962. The van der Waals surface area contributed by atoms with E-state index < -0.39 is 0 Å². The molecule has 0 bridgehead atoms. The highest BCUT2D eigenvalue weighted by Crippen LogP contribution is 2.28. The summed E-state index contributed by atoms with van der Waals surface area (Å²) in [6.45, 7) is 2.07. The number of nitrogens with one attached hydrogen (secondary N) is 1. The van der Waals surface area contributed by atoms with Crippen molar-refractivity contribution in [2.75, 3.05) is 11.1 Å². The molecule has 1 amide bonds. The molecule has 2 aromatic carbocycles. The van der Waals surface area contributed by atoms with Gasteiger partial charge >= 0.3 is 0 Å². The summed E-state index contributed by atoms with van der Waals surface area (Å²) in [6, 6.07) is 17.9. The summed E-state index contributed by atoms with van der Waals surface area (Å²) < 4.78 is 0.834. The Morgan fingerprint density at radius 1 is 1.07 bits per heavy atom. The van der Waals surface area contributed by atoms with Crippen molar-refractivity contribution in [2.24, 2.45) is 0 Å². The normalized spacial score (nSPS) is 10.4. The number of hydrogen-bond donors (Lipinski definition) is 1. The predicted molar refractivity (Wildman–Crippen MR) is 117 cm³/mol. The van der Waals surface area contributed by atoms with Crippen molar-refractivity contribution in [1.29, 1.82) is 5.26 Å². The second kappa shape index (κ2) is 10.3. The molecule has 142 valence electrons. The molecule has 1 aromatic heterocycles. The molecule has 0 aliphatic heterocycles. The minimum atomic E-state index is -0.0927. The number of aromatic nitrogens is 2. The van der Waals surface area contributed by atoms with Gasteiger partial charge in [0.2, 0.25) is 11.0 Å². The molecule has 0 atom stereocenters. The molecule has 3 aromatic rings. The first kappa shape index (κ1) is 20.4. The number of rotatable bonds is 8. The van der Waals surface area contributed by atoms with Crippen LogP contribution in [0.1, 0.15) is 22.3 Å². The fraction of sp³-hybridized carbons (Fsp3) is 0.200. The van der Waals surface area contributed by atoms with E-state index in [4.69, 9.17) is 5.26 Å². The Morgan fingerprint density at radius 3 is 2.46 bits per heavy atom. The lowest BCUT2D eigenvalue weighted by atomic mass is 10.2. The molecule has 0 spiro atoms. The van der Waals surface area contributed by atoms with E-state index in [0.29, 0.717) is 22.2 Å². The van der Waals surface area contributed by atoms with Gasteiger partial charge in [0.25, 0.3) is 0 Å². The zero-order valence-corrected chi connectivity index (χ0v) is 17.7. The highest BCUT2D eigenvalue weighted by Gasteiger charge is 2.09. The second-order valence-electron chi connectivity index (χ2n) is 6.00. The maximum atomic E-state index is 12.1. The maximum absolute atomic E-state index is 12.1. The summed E-state index contributed by atoms with van der Waals surface area (Å²) in [5.74, 6) is 1.78. The zero-order chi connectivity index (χ0) is 19.8. The zero-order valence-electron chi connectivity index (χ0n) is 15.2. The summed E-state index contributed by atoms with van der Waals surface area (Å²) in [4.78, 5) is 12.1. The third-order valence-corrected chi connectivity index (χ3v) is 6.77. The molecular weight excluding hydrogens is 408 g/mol. The average molecular weight is 427 g/mol.